The van der Waals surface area contributed by atoms with E-state index in [-0.39, 0.29) is 12.6 Å². The second kappa shape index (κ2) is 4.36. The molecule has 0 fully saturated rings. The summed E-state index contributed by atoms with van der Waals surface area (Å²) in [5.41, 5.74) is 1.32. The maximum Gasteiger partial charge on any atom is 0.338 e. The Bertz CT molecular complexity index is 425. The minimum Gasteiger partial charge on any atom is -0.457 e. The highest BCUT2D eigenvalue weighted by Gasteiger charge is 2.06. The van der Waals surface area contributed by atoms with Crippen LogP contribution in [-0.2, 0) is 11.3 Å². The summed E-state index contributed by atoms with van der Waals surface area (Å²) in [5.74, 6) is -0.362. The Morgan fingerprint density at radius 3 is 2.87 bits per heavy atom. The van der Waals surface area contributed by atoms with E-state index in [1.54, 1.807) is 36.9 Å². The fourth-order valence-corrected chi connectivity index (χ4v) is 1.08. The molecule has 0 aromatic carbocycles. The predicted molar refractivity (Wildman–Crippen MR) is 51.9 cm³/mol. The molecule has 2 aromatic heterocycles. The Hall–Kier alpha value is -2.17. The van der Waals surface area contributed by atoms with Crippen molar-refractivity contribution in [1.29, 1.82) is 0 Å². The standard InChI is InChI=1S/C10H9N3O2/c14-10(9-1-3-11-4-2-9)15-7-8-5-12-13-6-8/h1-6H,7H2,(H,12,13). The van der Waals surface area contributed by atoms with Crippen LogP contribution in [0.25, 0.3) is 0 Å². The van der Waals surface area contributed by atoms with E-state index in [4.69, 9.17) is 4.74 Å². The Balaban J connectivity index is 1.94. The fourth-order valence-electron chi connectivity index (χ4n) is 1.08. The number of carbonyl (C=O) groups is 1. The highest BCUT2D eigenvalue weighted by molar-refractivity contribution is 5.89. The van der Waals surface area contributed by atoms with Gasteiger partial charge in [-0.05, 0) is 12.1 Å². The molecule has 76 valence electrons. The summed E-state index contributed by atoms with van der Waals surface area (Å²) in [6, 6.07) is 3.22. The molecule has 0 radical (unpaired) electrons. The molecule has 0 amide bonds. The quantitative estimate of drug-likeness (QED) is 0.760. The summed E-state index contributed by atoms with van der Waals surface area (Å²) in [6.07, 6.45) is 6.39. The molecule has 0 unspecified atom stereocenters. The molecular weight excluding hydrogens is 194 g/mol. The van der Waals surface area contributed by atoms with Gasteiger partial charge in [0.05, 0.1) is 11.8 Å². The molecule has 0 spiro atoms. The van der Waals surface area contributed by atoms with Crippen LogP contribution in [0.1, 0.15) is 15.9 Å². The molecule has 2 aromatic rings. The van der Waals surface area contributed by atoms with Crippen LogP contribution >= 0.6 is 0 Å². The van der Waals surface area contributed by atoms with Gasteiger partial charge in [0, 0.05) is 24.2 Å². The summed E-state index contributed by atoms with van der Waals surface area (Å²) in [7, 11) is 0. The lowest BCUT2D eigenvalue weighted by Crippen LogP contribution is -2.04. The van der Waals surface area contributed by atoms with Crippen LogP contribution in [0.2, 0.25) is 0 Å². The number of aromatic nitrogens is 3. The van der Waals surface area contributed by atoms with E-state index in [9.17, 15) is 4.79 Å². The Morgan fingerprint density at radius 2 is 2.20 bits per heavy atom. The topological polar surface area (TPSA) is 67.9 Å². The van der Waals surface area contributed by atoms with Crippen molar-refractivity contribution in [2.24, 2.45) is 0 Å². The lowest BCUT2D eigenvalue weighted by atomic mass is 10.3. The molecule has 0 atom stereocenters. The molecule has 5 nitrogen and oxygen atoms in total. The number of carbonyl (C=O) groups excluding carboxylic acids is 1. The van der Waals surface area contributed by atoms with E-state index < -0.39 is 0 Å². The van der Waals surface area contributed by atoms with E-state index in [1.165, 1.54) is 0 Å². The number of hydrogen-bond acceptors (Lipinski definition) is 4. The molecule has 0 aliphatic heterocycles. The van der Waals surface area contributed by atoms with E-state index in [1.807, 2.05) is 0 Å². The number of hydrogen-bond donors (Lipinski definition) is 1. The van der Waals surface area contributed by atoms with Crippen molar-refractivity contribution in [3.63, 3.8) is 0 Å². The van der Waals surface area contributed by atoms with Crippen LogP contribution in [0.4, 0.5) is 0 Å². The van der Waals surface area contributed by atoms with E-state index in [0.29, 0.717) is 5.56 Å². The Morgan fingerprint density at radius 1 is 1.40 bits per heavy atom. The average Bonchev–Trinajstić information content (AvgIpc) is 2.80. The van der Waals surface area contributed by atoms with E-state index in [2.05, 4.69) is 15.2 Å². The van der Waals surface area contributed by atoms with Crippen LogP contribution in [0.15, 0.2) is 36.9 Å². The zero-order valence-electron chi connectivity index (χ0n) is 7.88. The van der Waals surface area contributed by atoms with Gasteiger partial charge in [-0.3, -0.25) is 10.1 Å². The molecule has 0 saturated carbocycles. The van der Waals surface area contributed by atoms with Gasteiger partial charge in [-0.15, -0.1) is 0 Å². The third-order valence-corrected chi connectivity index (χ3v) is 1.84. The lowest BCUT2D eigenvalue weighted by molar-refractivity contribution is 0.0472. The molecule has 0 aliphatic carbocycles. The summed E-state index contributed by atoms with van der Waals surface area (Å²) < 4.78 is 5.05. The van der Waals surface area contributed by atoms with Gasteiger partial charge in [0.15, 0.2) is 0 Å². The van der Waals surface area contributed by atoms with Gasteiger partial charge in [-0.1, -0.05) is 0 Å². The van der Waals surface area contributed by atoms with Crippen LogP contribution in [-0.4, -0.2) is 21.2 Å². The van der Waals surface area contributed by atoms with E-state index in [0.717, 1.165) is 5.56 Å². The van der Waals surface area contributed by atoms with Gasteiger partial charge < -0.3 is 4.74 Å². The van der Waals surface area contributed by atoms with Crippen LogP contribution in [0, 0.1) is 0 Å². The highest BCUT2D eigenvalue weighted by Crippen LogP contribution is 2.03. The molecule has 5 heteroatoms. The van der Waals surface area contributed by atoms with Crippen molar-refractivity contribution in [1.82, 2.24) is 15.2 Å². The monoisotopic (exact) mass is 203 g/mol. The van der Waals surface area contributed by atoms with Crippen molar-refractivity contribution in [2.45, 2.75) is 6.61 Å². The maximum absolute atomic E-state index is 11.5. The van der Waals surface area contributed by atoms with Gasteiger partial charge in [0.2, 0.25) is 0 Å². The van der Waals surface area contributed by atoms with Crippen molar-refractivity contribution < 1.29 is 9.53 Å². The molecule has 0 aliphatic rings. The van der Waals surface area contributed by atoms with Gasteiger partial charge in [-0.25, -0.2) is 4.79 Å². The predicted octanol–water partition coefficient (Wildman–Crippen LogP) is 1.16. The first-order chi connectivity index (χ1) is 7.36. The Labute approximate surface area is 86.1 Å². The second-order valence-corrected chi connectivity index (χ2v) is 2.92. The zero-order valence-corrected chi connectivity index (χ0v) is 7.88. The minimum absolute atomic E-state index is 0.220. The molecule has 2 rings (SSSR count). The summed E-state index contributed by atoms with van der Waals surface area (Å²) >= 11 is 0. The number of nitrogens with one attached hydrogen (secondary N) is 1. The molecular formula is C10H9N3O2. The zero-order chi connectivity index (χ0) is 10.5. The smallest absolute Gasteiger partial charge is 0.338 e. The molecule has 1 N–H and O–H groups in total. The first-order valence-corrected chi connectivity index (χ1v) is 4.41. The van der Waals surface area contributed by atoms with Gasteiger partial charge in [-0.2, -0.15) is 5.10 Å². The van der Waals surface area contributed by atoms with Crippen LogP contribution < -0.4 is 0 Å². The number of aromatic amines is 1. The largest absolute Gasteiger partial charge is 0.457 e. The minimum atomic E-state index is -0.362. The molecule has 0 bridgehead atoms. The molecule has 2 heterocycles. The maximum atomic E-state index is 11.5. The first kappa shape index (κ1) is 9.39. The fraction of sp³-hybridized carbons (Fsp3) is 0.100. The first-order valence-electron chi connectivity index (χ1n) is 4.41. The number of esters is 1. The number of rotatable bonds is 3. The average molecular weight is 203 g/mol. The van der Waals surface area contributed by atoms with E-state index >= 15 is 0 Å². The number of ether oxygens (including phenoxy) is 1. The van der Waals surface area contributed by atoms with Crippen molar-refractivity contribution >= 4 is 5.97 Å². The van der Waals surface area contributed by atoms with Crippen LogP contribution in [0.5, 0.6) is 0 Å². The normalized spacial score (nSPS) is 9.87. The summed E-state index contributed by atoms with van der Waals surface area (Å²) in [6.45, 7) is 0.220. The van der Waals surface area contributed by atoms with Crippen molar-refractivity contribution in [2.75, 3.05) is 0 Å². The van der Waals surface area contributed by atoms with Gasteiger partial charge >= 0.3 is 5.97 Å². The van der Waals surface area contributed by atoms with Crippen molar-refractivity contribution in [3.05, 3.63) is 48.0 Å². The van der Waals surface area contributed by atoms with Crippen LogP contribution in [0.3, 0.4) is 0 Å². The lowest BCUT2D eigenvalue weighted by Gasteiger charge is -2.01. The summed E-state index contributed by atoms with van der Waals surface area (Å²) in [4.78, 5) is 15.3. The highest BCUT2D eigenvalue weighted by atomic mass is 16.5. The number of H-pyrrole nitrogens is 1. The second-order valence-electron chi connectivity index (χ2n) is 2.92. The number of nitrogens with zero attached hydrogens (tertiary/aromatic N) is 2. The number of pyridine rings is 1. The third-order valence-electron chi connectivity index (χ3n) is 1.84. The Kier molecular flexibility index (Phi) is 2.73. The van der Waals surface area contributed by atoms with Crippen molar-refractivity contribution in [3.8, 4) is 0 Å². The SMILES string of the molecule is O=C(OCc1cn[nH]c1)c1ccncc1. The van der Waals surface area contributed by atoms with Gasteiger partial charge in [0.25, 0.3) is 0 Å². The summed E-state index contributed by atoms with van der Waals surface area (Å²) in [5, 5.41) is 6.39. The molecule has 0 saturated heterocycles. The van der Waals surface area contributed by atoms with Gasteiger partial charge in [0.1, 0.15) is 6.61 Å². The molecule has 15 heavy (non-hydrogen) atoms. The third kappa shape index (κ3) is 2.40.